The van der Waals surface area contributed by atoms with Crippen LogP contribution in [0.2, 0.25) is 0 Å². The van der Waals surface area contributed by atoms with Crippen molar-refractivity contribution in [1.29, 1.82) is 0 Å². The van der Waals surface area contributed by atoms with E-state index in [9.17, 15) is 5.11 Å². The number of aliphatic hydroxyl groups is 1. The van der Waals surface area contributed by atoms with Gasteiger partial charge < -0.3 is 9.84 Å². The molecular weight excluding hydrogens is 212 g/mol. The SMILES string of the molecule is COc1cccc(C2=CC3CCC2CC3O)c1. The third-order valence-corrected chi connectivity index (χ3v) is 4.11. The Morgan fingerprint density at radius 1 is 1.29 bits per heavy atom. The first-order valence-corrected chi connectivity index (χ1v) is 6.32. The van der Waals surface area contributed by atoms with Gasteiger partial charge in [0.25, 0.3) is 0 Å². The third-order valence-electron chi connectivity index (χ3n) is 4.11. The lowest BCUT2D eigenvalue weighted by Gasteiger charge is -2.39. The van der Waals surface area contributed by atoms with Gasteiger partial charge in [-0.25, -0.2) is 0 Å². The number of rotatable bonds is 2. The van der Waals surface area contributed by atoms with Crippen LogP contribution in [0.5, 0.6) is 5.75 Å². The van der Waals surface area contributed by atoms with Gasteiger partial charge in [0.15, 0.2) is 0 Å². The Balaban J connectivity index is 1.96. The van der Waals surface area contributed by atoms with E-state index in [0.29, 0.717) is 11.8 Å². The van der Waals surface area contributed by atoms with Gasteiger partial charge in [0.1, 0.15) is 5.75 Å². The molecule has 1 aromatic rings. The number of methoxy groups -OCH3 is 1. The zero-order chi connectivity index (χ0) is 11.8. The zero-order valence-corrected chi connectivity index (χ0v) is 10.1. The highest BCUT2D eigenvalue weighted by Crippen LogP contribution is 2.45. The molecular formula is C15H18O2. The number of fused-ring (bicyclic) bond motifs is 2. The van der Waals surface area contributed by atoms with Gasteiger partial charge >= 0.3 is 0 Å². The van der Waals surface area contributed by atoms with Crippen molar-refractivity contribution in [3.05, 3.63) is 35.9 Å². The van der Waals surface area contributed by atoms with Crippen LogP contribution in [0.4, 0.5) is 0 Å². The summed E-state index contributed by atoms with van der Waals surface area (Å²) in [5, 5.41) is 9.90. The predicted octanol–water partition coefficient (Wildman–Crippen LogP) is 2.87. The van der Waals surface area contributed by atoms with Crippen molar-refractivity contribution >= 4 is 5.57 Å². The molecule has 2 nitrogen and oxygen atoms in total. The van der Waals surface area contributed by atoms with Gasteiger partial charge in [-0.15, -0.1) is 0 Å². The molecule has 1 saturated carbocycles. The molecule has 0 saturated heterocycles. The van der Waals surface area contributed by atoms with E-state index in [2.05, 4.69) is 18.2 Å². The first kappa shape index (κ1) is 10.8. The quantitative estimate of drug-likeness (QED) is 0.846. The molecule has 0 spiro atoms. The molecule has 90 valence electrons. The molecule has 1 aromatic carbocycles. The predicted molar refractivity (Wildman–Crippen MR) is 67.8 cm³/mol. The maximum absolute atomic E-state index is 9.90. The molecule has 3 atom stereocenters. The van der Waals surface area contributed by atoms with E-state index < -0.39 is 0 Å². The number of allylic oxidation sites excluding steroid dienone is 1. The molecule has 1 N–H and O–H groups in total. The third kappa shape index (κ3) is 1.87. The van der Waals surface area contributed by atoms with Crippen LogP contribution in [0.25, 0.3) is 5.57 Å². The van der Waals surface area contributed by atoms with Gasteiger partial charge in [0, 0.05) is 5.92 Å². The van der Waals surface area contributed by atoms with Crippen LogP contribution >= 0.6 is 0 Å². The van der Waals surface area contributed by atoms with Crippen LogP contribution in [0, 0.1) is 11.8 Å². The molecule has 0 radical (unpaired) electrons. The summed E-state index contributed by atoms with van der Waals surface area (Å²) in [6, 6.07) is 8.24. The Bertz CT molecular complexity index is 450. The molecule has 17 heavy (non-hydrogen) atoms. The topological polar surface area (TPSA) is 29.5 Å². The molecule has 4 rings (SSSR count). The van der Waals surface area contributed by atoms with Crippen molar-refractivity contribution in [3.8, 4) is 5.75 Å². The minimum absolute atomic E-state index is 0.122. The fourth-order valence-corrected chi connectivity index (χ4v) is 3.15. The summed E-state index contributed by atoms with van der Waals surface area (Å²) in [5.74, 6) is 1.80. The maximum atomic E-state index is 9.90. The molecule has 2 heteroatoms. The Morgan fingerprint density at radius 3 is 2.82 bits per heavy atom. The number of hydrogen-bond acceptors (Lipinski definition) is 2. The number of hydrogen-bond donors (Lipinski definition) is 1. The van der Waals surface area contributed by atoms with E-state index in [1.54, 1.807) is 7.11 Å². The standard InChI is InChI=1S/C15H18O2/c1-17-13-4-2-3-10(7-13)14-8-12-6-5-11(14)9-15(12)16/h2-4,7-8,11-12,15-16H,5-6,9H2,1H3. The first-order chi connectivity index (χ1) is 8.28. The lowest BCUT2D eigenvalue weighted by molar-refractivity contribution is 0.0703. The highest BCUT2D eigenvalue weighted by molar-refractivity contribution is 5.70. The Hall–Kier alpha value is -1.28. The molecule has 0 aromatic heterocycles. The minimum atomic E-state index is -0.122. The molecule has 2 bridgehead atoms. The molecule has 0 heterocycles. The number of aliphatic hydroxyl groups excluding tert-OH is 1. The zero-order valence-electron chi connectivity index (χ0n) is 10.1. The van der Waals surface area contributed by atoms with E-state index in [-0.39, 0.29) is 6.10 Å². The van der Waals surface area contributed by atoms with Crippen molar-refractivity contribution in [1.82, 2.24) is 0 Å². The average Bonchev–Trinajstić information content (AvgIpc) is 2.39. The second kappa shape index (κ2) is 4.19. The molecule has 3 unspecified atom stereocenters. The summed E-state index contributed by atoms with van der Waals surface area (Å²) >= 11 is 0. The van der Waals surface area contributed by atoms with Crippen molar-refractivity contribution in [2.45, 2.75) is 25.4 Å². The van der Waals surface area contributed by atoms with Crippen LogP contribution in [-0.2, 0) is 0 Å². The van der Waals surface area contributed by atoms with Crippen LogP contribution in [0.1, 0.15) is 24.8 Å². The van der Waals surface area contributed by atoms with Crippen LogP contribution in [-0.4, -0.2) is 18.3 Å². The summed E-state index contributed by atoms with van der Waals surface area (Å²) in [6.45, 7) is 0. The van der Waals surface area contributed by atoms with Gasteiger partial charge in [-0.3, -0.25) is 0 Å². The van der Waals surface area contributed by atoms with E-state index in [0.717, 1.165) is 18.6 Å². The van der Waals surface area contributed by atoms with Gasteiger partial charge in [0.2, 0.25) is 0 Å². The smallest absolute Gasteiger partial charge is 0.119 e. The fraction of sp³-hybridized carbons (Fsp3) is 0.467. The average molecular weight is 230 g/mol. The molecule has 0 amide bonds. The van der Waals surface area contributed by atoms with Crippen molar-refractivity contribution in [2.75, 3.05) is 7.11 Å². The highest BCUT2D eigenvalue weighted by atomic mass is 16.5. The van der Waals surface area contributed by atoms with E-state index in [1.165, 1.54) is 17.6 Å². The number of ether oxygens (including phenoxy) is 1. The summed E-state index contributed by atoms with van der Waals surface area (Å²) in [7, 11) is 1.70. The minimum Gasteiger partial charge on any atom is -0.497 e. The fourth-order valence-electron chi connectivity index (χ4n) is 3.15. The van der Waals surface area contributed by atoms with E-state index in [4.69, 9.17) is 4.74 Å². The highest BCUT2D eigenvalue weighted by Gasteiger charge is 2.35. The van der Waals surface area contributed by atoms with E-state index >= 15 is 0 Å². The molecule has 3 aliphatic carbocycles. The Labute approximate surface area is 102 Å². The van der Waals surface area contributed by atoms with Crippen LogP contribution < -0.4 is 4.74 Å². The molecule has 1 fully saturated rings. The van der Waals surface area contributed by atoms with Gasteiger partial charge in [-0.1, -0.05) is 18.2 Å². The van der Waals surface area contributed by atoms with Gasteiger partial charge in [0.05, 0.1) is 13.2 Å². The molecule has 3 aliphatic rings. The maximum Gasteiger partial charge on any atom is 0.119 e. The second-order valence-corrected chi connectivity index (χ2v) is 5.10. The monoisotopic (exact) mass is 230 g/mol. The van der Waals surface area contributed by atoms with Gasteiger partial charge in [-0.05, 0) is 48.4 Å². The van der Waals surface area contributed by atoms with Gasteiger partial charge in [-0.2, -0.15) is 0 Å². The lowest BCUT2D eigenvalue weighted by Crippen LogP contribution is -2.33. The molecule has 0 aliphatic heterocycles. The van der Waals surface area contributed by atoms with Crippen molar-refractivity contribution < 1.29 is 9.84 Å². The number of benzene rings is 1. The summed E-state index contributed by atoms with van der Waals surface area (Å²) in [5.41, 5.74) is 2.66. The van der Waals surface area contributed by atoms with Crippen LogP contribution in [0.3, 0.4) is 0 Å². The van der Waals surface area contributed by atoms with Crippen molar-refractivity contribution in [3.63, 3.8) is 0 Å². The second-order valence-electron chi connectivity index (χ2n) is 5.10. The van der Waals surface area contributed by atoms with E-state index in [1.807, 2.05) is 12.1 Å². The van der Waals surface area contributed by atoms with Crippen molar-refractivity contribution in [2.24, 2.45) is 11.8 Å². The first-order valence-electron chi connectivity index (χ1n) is 6.32. The largest absolute Gasteiger partial charge is 0.497 e. The Kier molecular flexibility index (Phi) is 2.67. The summed E-state index contributed by atoms with van der Waals surface area (Å²) in [4.78, 5) is 0. The normalized spacial score (nSPS) is 31.2. The summed E-state index contributed by atoms with van der Waals surface area (Å²) in [6.07, 6.45) is 5.43. The summed E-state index contributed by atoms with van der Waals surface area (Å²) < 4.78 is 5.27. The Morgan fingerprint density at radius 2 is 2.18 bits per heavy atom. The van der Waals surface area contributed by atoms with Crippen LogP contribution in [0.15, 0.2) is 30.3 Å². The lowest BCUT2D eigenvalue weighted by atomic mass is 9.68.